The molecule has 0 rings (SSSR count). The van der Waals surface area contributed by atoms with E-state index in [0.29, 0.717) is 19.3 Å². The molecular weight excluding hydrogens is 952 g/mol. The van der Waals surface area contributed by atoms with Crippen LogP contribution in [0, 0.1) is 0 Å². The highest BCUT2D eigenvalue weighted by atomic mass is 31.2. The molecule has 0 saturated carbocycles. The van der Waals surface area contributed by atoms with E-state index in [1.807, 2.05) is 0 Å². The van der Waals surface area contributed by atoms with Crippen molar-refractivity contribution >= 4 is 25.7 Å². The molecule has 0 amide bonds. The Morgan fingerprint density at radius 2 is 0.703 bits per heavy atom. The van der Waals surface area contributed by atoms with Crippen LogP contribution in [0.25, 0.3) is 0 Å². The van der Waals surface area contributed by atoms with E-state index in [-0.39, 0.29) is 25.9 Å². The third kappa shape index (κ3) is 53.2. The van der Waals surface area contributed by atoms with Crippen molar-refractivity contribution in [3.8, 4) is 0 Å². The van der Waals surface area contributed by atoms with Crippen molar-refractivity contribution in [3.05, 3.63) is 97.2 Å². The van der Waals surface area contributed by atoms with E-state index < -0.39 is 57.8 Å². The monoisotopic (exact) mass is 1060 g/mol. The number of rotatable bonds is 53. The van der Waals surface area contributed by atoms with Crippen LogP contribution >= 0.6 is 7.82 Å². The van der Waals surface area contributed by atoms with Crippen molar-refractivity contribution in [1.29, 1.82) is 0 Å². The molecule has 3 atom stereocenters. The summed E-state index contributed by atoms with van der Waals surface area (Å²) in [5, 5.41) is 9.81. The van der Waals surface area contributed by atoms with E-state index in [1.165, 1.54) is 32.1 Å². The molecule has 0 fully saturated rings. The largest absolute Gasteiger partial charge is 0.472 e. The lowest BCUT2D eigenvalue weighted by Gasteiger charge is -2.21. The second kappa shape index (κ2) is 55.6. The van der Waals surface area contributed by atoms with E-state index in [9.17, 15) is 28.9 Å². The van der Waals surface area contributed by atoms with Gasteiger partial charge in [0.05, 0.1) is 19.8 Å². The zero-order valence-corrected chi connectivity index (χ0v) is 47.7. The van der Waals surface area contributed by atoms with Crippen LogP contribution in [0.2, 0.25) is 0 Å². The van der Waals surface area contributed by atoms with Crippen LogP contribution in [-0.4, -0.2) is 66.5 Å². The third-order valence-corrected chi connectivity index (χ3v) is 12.9. The summed E-state index contributed by atoms with van der Waals surface area (Å²) in [6.45, 7) is 4.36. The van der Waals surface area contributed by atoms with Crippen molar-refractivity contribution in [1.82, 2.24) is 0 Å². The first-order chi connectivity index (χ1) is 36.2. The number of phosphoric ester groups is 1. The van der Waals surface area contributed by atoms with Crippen LogP contribution in [0.3, 0.4) is 0 Å². The average molecular weight is 1060 g/mol. The number of hydrogen-bond donors (Lipinski definition) is 2. The second-order valence-electron chi connectivity index (χ2n) is 19.0. The molecule has 0 heterocycles. The Kier molecular flexibility index (Phi) is 52.9. The number of esters is 3. The van der Waals surface area contributed by atoms with Gasteiger partial charge in [-0.2, -0.15) is 0 Å². The van der Waals surface area contributed by atoms with Crippen LogP contribution in [0.1, 0.15) is 239 Å². The fraction of sp³-hybridized carbons (Fsp3) is 0.694. The Bertz CT molecular complexity index is 1610. The van der Waals surface area contributed by atoms with Gasteiger partial charge in [-0.05, 0) is 116 Å². The number of allylic oxidation sites excluding steroid dienone is 16. The van der Waals surface area contributed by atoms with Gasteiger partial charge in [0.2, 0.25) is 0 Å². The highest BCUT2D eigenvalue weighted by Gasteiger charge is 2.28. The molecule has 424 valence electrons. The van der Waals surface area contributed by atoms with Gasteiger partial charge in [-0.1, -0.05) is 201 Å². The van der Waals surface area contributed by atoms with Crippen molar-refractivity contribution < 1.29 is 52.2 Å². The second-order valence-corrected chi connectivity index (χ2v) is 20.5. The van der Waals surface area contributed by atoms with Gasteiger partial charge in [0, 0.05) is 19.3 Å². The van der Waals surface area contributed by atoms with Gasteiger partial charge in [-0.15, -0.1) is 0 Å². The van der Waals surface area contributed by atoms with E-state index in [4.69, 9.17) is 23.3 Å². The topological polar surface area (TPSA) is 155 Å². The number of unbranched alkanes of at least 4 members (excludes halogenated alkanes) is 20. The normalized spacial score (nSPS) is 14.1. The predicted molar refractivity (Wildman–Crippen MR) is 307 cm³/mol. The lowest BCUT2D eigenvalue weighted by Crippen LogP contribution is -2.30. The smallest absolute Gasteiger partial charge is 0.462 e. The fourth-order valence-corrected chi connectivity index (χ4v) is 8.37. The van der Waals surface area contributed by atoms with E-state index in [2.05, 4.69) is 118 Å². The summed E-state index contributed by atoms with van der Waals surface area (Å²) in [5.74, 6) is -1.52. The lowest BCUT2D eigenvalue weighted by atomic mass is 10.1. The number of ether oxygens (including phenoxy) is 3. The van der Waals surface area contributed by atoms with Gasteiger partial charge in [-0.25, -0.2) is 4.57 Å². The highest BCUT2D eigenvalue weighted by molar-refractivity contribution is 7.47. The Morgan fingerprint density at radius 1 is 0.392 bits per heavy atom. The summed E-state index contributed by atoms with van der Waals surface area (Å²) in [5.41, 5.74) is 0. The Morgan fingerprint density at radius 3 is 1.09 bits per heavy atom. The molecule has 0 aromatic heterocycles. The van der Waals surface area contributed by atoms with Gasteiger partial charge in [0.1, 0.15) is 12.7 Å². The molecule has 0 spiro atoms. The minimum absolute atomic E-state index is 0.146. The molecule has 74 heavy (non-hydrogen) atoms. The molecule has 3 unspecified atom stereocenters. The summed E-state index contributed by atoms with van der Waals surface area (Å²) in [4.78, 5) is 48.6. The fourth-order valence-electron chi connectivity index (χ4n) is 7.59. The number of hydrogen-bond acceptors (Lipinski definition) is 10. The SMILES string of the molecule is CC/C=C\C/C=C\C/C=C\C/C=C\CCCCCCC(=O)OCC(COP(=O)(O)OCC(CO)OC(=O)CCCCCCC/C=C\CCCCCC)OC(=O)CCCCCCCCC/C=C\C/C=C\C/C=C\CC. The Labute approximate surface area is 451 Å². The summed E-state index contributed by atoms with van der Waals surface area (Å²) < 4.78 is 39.5. The number of aliphatic hydroxyl groups is 1. The molecule has 0 aliphatic carbocycles. The molecular formula is C62H105O11P. The number of carbonyl (C=O) groups is 3. The maximum absolute atomic E-state index is 12.9. The van der Waals surface area contributed by atoms with Gasteiger partial charge in [0.15, 0.2) is 6.10 Å². The van der Waals surface area contributed by atoms with Crippen LogP contribution in [0.15, 0.2) is 97.2 Å². The van der Waals surface area contributed by atoms with E-state index in [1.54, 1.807) is 0 Å². The minimum atomic E-state index is -4.76. The molecule has 12 heteroatoms. The molecule has 0 aliphatic heterocycles. The Hall–Kier alpha value is -3.60. The van der Waals surface area contributed by atoms with Crippen molar-refractivity contribution in [2.45, 2.75) is 251 Å². The Balaban J connectivity index is 4.80. The lowest BCUT2D eigenvalue weighted by molar-refractivity contribution is -0.161. The molecule has 0 aromatic rings. The first-order valence-electron chi connectivity index (χ1n) is 29.1. The summed E-state index contributed by atoms with van der Waals surface area (Å²) in [6.07, 6.45) is 65.0. The van der Waals surface area contributed by atoms with Crippen LogP contribution in [-0.2, 0) is 42.2 Å². The van der Waals surface area contributed by atoms with Crippen LogP contribution in [0.4, 0.5) is 0 Å². The van der Waals surface area contributed by atoms with E-state index in [0.717, 1.165) is 148 Å². The third-order valence-electron chi connectivity index (χ3n) is 12.0. The summed E-state index contributed by atoms with van der Waals surface area (Å²) in [6, 6.07) is 0. The number of carbonyl (C=O) groups excluding carboxylic acids is 3. The first-order valence-corrected chi connectivity index (χ1v) is 30.6. The maximum atomic E-state index is 12.9. The van der Waals surface area contributed by atoms with Gasteiger partial charge in [-0.3, -0.25) is 23.4 Å². The average Bonchev–Trinajstić information content (AvgIpc) is 3.39. The minimum Gasteiger partial charge on any atom is -0.462 e. The van der Waals surface area contributed by atoms with Crippen molar-refractivity contribution in [3.63, 3.8) is 0 Å². The maximum Gasteiger partial charge on any atom is 0.472 e. The van der Waals surface area contributed by atoms with Crippen molar-refractivity contribution in [2.24, 2.45) is 0 Å². The molecule has 0 bridgehead atoms. The van der Waals surface area contributed by atoms with Gasteiger partial charge >= 0.3 is 25.7 Å². The molecule has 11 nitrogen and oxygen atoms in total. The number of aliphatic hydroxyl groups excluding tert-OH is 1. The quantitative estimate of drug-likeness (QED) is 0.0197. The van der Waals surface area contributed by atoms with E-state index >= 15 is 0 Å². The predicted octanol–water partition coefficient (Wildman–Crippen LogP) is 17.3. The standard InChI is InChI=1S/C62H105O11P/c1-4-7-10-13-16-19-22-25-27-29-31-34-36-39-42-45-48-51-60(64)69-55-59(73-62(66)53-50-47-44-41-38-35-32-30-28-26-23-20-17-14-11-8-5-2)57-71-74(67,68)70-56-58(54-63)72-61(65)52-49-46-43-40-37-33-24-21-18-15-12-9-6-3/h7-8,10-11,16-17,19-21,24-28,31,34,58-59,63H,4-6,9,12-15,18,22-23,29-30,32-33,35-57H2,1-3H3,(H,67,68)/b10-7-,11-8-,19-16-,20-17-,24-21-,27-25-,28-26-,34-31-. The molecule has 2 N–H and O–H groups in total. The molecule has 0 aliphatic rings. The van der Waals surface area contributed by atoms with Gasteiger partial charge < -0.3 is 24.2 Å². The van der Waals surface area contributed by atoms with Crippen molar-refractivity contribution in [2.75, 3.05) is 26.4 Å². The van der Waals surface area contributed by atoms with Crippen LogP contribution < -0.4 is 0 Å². The summed E-state index contributed by atoms with van der Waals surface area (Å²) >= 11 is 0. The van der Waals surface area contributed by atoms with Crippen LogP contribution in [0.5, 0.6) is 0 Å². The highest BCUT2D eigenvalue weighted by Crippen LogP contribution is 2.43. The summed E-state index contributed by atoms with van der Waals surface area (Å²) in [7, 11) is -4.76. The molecule has 0 aromatic carbocycles. The molecule has 0 saturated heterocycles. The molecule has 0 radical (unpaired) electrons. The van der Waals surface area contributed by atoms with Gasteiger partial charge in [0.25, 0.3) is 0 Å². The zero-order chi connectivity index (χ0) is 54.1. The zero-order valence-electron chi connectivity index (χ0n) is 46.8. The first kappa shape index (κ1) is 70.4. The number of phosphoric acid groups is 1.